The number of pyridine rings is 1. The van der Waals surface area contributed by atoms with E-state index in [1.807, 2.05) is 0 Å². The Morgan fingerprint density at radius 2 is 2.03 bits per heavy atom. The average Bonchev–Trinajstić information content (AvgIpc) is 3.31. The summed E-state index contributed by atoms with van der Waals surface area (Å²) in [6, 6.07) is 10.3. The Balaban J connectivity index is 1.43. The third kappa shape index (κ3) is 5.55. The van der Waals surface area contributed by atoms with Crippen LogP contribution in [0.5, 0.6) is 5.88 Å². The van der Waals surface area contributed by atoms with Crippen LogP contribution in [0.4, 0.5) is 33.2 Å². The lowest BCUT2D eigenvalue weighted by atomic mass is 10.2. The SMILES string of the molecule is C=CC(=O)Nc1cccc(Nc2nc(Nc3ccc(OC4CCOC4)nc3)ncc2F)c1. The summed E-state index contributed by atoms with van der Waals surface area (Å²) in [5, 5.41) is 8.52. The molecule has 1 aromatic carbocycles. The summed E-state index contributed by atoms with van der Waals surface area (Å²) in [5.41, 5.74) is 1.69. The highest BCUT2D eigenvalue weighted by molar-refractivity contribution is 5.99. The molecule has 1 aliphatic rings. The fourth-order valence-corrected chi connectivity index (χ4v) is 2.95. The first-order valence-electron chi connectivity index (χ1n) is 9.89. The molecule has 3 aromatic rings. The molecule has 0 aliphatic carbocycles. The normalized spacial score (nSPS) is 15.1. The summed E-state index contributed by atoms with van der Waals surface area (Å²) in [6.45, 7) is 4.66. The van der Waals surface area contributed by atoms with Gasteiger partial charge in [-0.15, -0.1) is 0 Å². The minimum Gasteiger partial charge on any atom is -0.472 e. The van der Waals surface area contributed by atoms with Crippen molar-refractivity contribution in [2.75, 3.05) is 29.2 Å². The Kier molecular flexibility index (Phi) is 6.52. The number of halogens is 1. The molecule has 0 bridgehead atoms. The summed E-state index contributed by atoms with van der Waals surface area (Å²) >= 11 is 0. The van der Waals surface area contributed by atoms with Crippen molar-refractivity contribution >= 4 is 34.7 Å². The number of carbonyl (C=O) groups is 1. The van der Waals surface area contributed by atoms with Gasteiger partial charge in [0.05, 0.1) is 31.3 Å². The van der Waals surface area contributed by atoms with Gasteiger partial charge in [0.1, 0.15) is 6.10 Å². The Morgan fingerprint density at radius 3 is 2.78 bits per heavy atom. The number of ether oxygens (including phenoxy) is 2. The number of anilines is 5. The van der Waals surface area contributed by atoms with E-state index in [0.29, 0.717) is 36.2 Å². The van der Waals surface area contributed by atoms with Crippen molar-refractivity contribution in [3.63, 3.8) is 0 Å². The van der Waals surface area contributed by atoms with E-state index in [0.717, 1.165) is 12.6 Å². The summed E-state index contributed by atoms with van der Waals surface area (Å²) in [5.74, 6) is -0.314. The number of nitrogens with one attached hydrogen (secondary N) is 3. The van der Waals surface area contributed by atoms with Crippen molar-refractivity contribution in [1.29, 1.82) is 0 Å². The second kappa shape index (κ2) is 9.84. The monoisotopic (exact) mass is 436 g/mol. The van der Waals surface area contributed by atoms with E-state index < -0.39 is 5.82 Å². The molecule has 9 nitrogen and oxygen atoms in total. The molecule has 1 aliphatic heterocycles. The molecule has 3 N–H and O–H groups in total. The van der Waals surface area contributed by atoms with E-state index in [9.17, 15) is 9.18 Å². The molecule has 1 unspecified atom stereocenters. The first-order valence-corrected chi connectivity index (χ1v) is 9.89. The molecule has 1 saturated heterocycles. The fourth-order valence-electron chi connectivity index (χ4n) is 2.95. The van der Waals surface area contributed by atoms with Gasteiger partial charge in [-0.05, 0) is 30.3 Å². The molecule has 0 radical (unpaired) electrons. The fraction of sp³-hybridized carbons (Fsp3) is 0.182. The van der Waals surface area contributed by atoms with Crippen molar-refractivity contribution in [3.05, 3.63) is 67.3 Å². The molecule has 164 valence electrons. The van der Waals surface area contributed by atoms with E-state index in [4.69, 9.17) is 9.47 Å². The van der Waals surface area contributed by atoms with Crippen LogP contribution in [0.2, 0.25) is 0 Å². The quantitative estimate of drug-likeness (QED) is 0.458. The van der Waals surface area contributed by atoms with Gasteiger partial charge in [0.15, 0.2) is 11.6 Å². The maximum atomic E-state index is 14.3. The Hall–Kier alpha value is -4.05. The number of hydrogen-bond acceptors (Lipinski definition) is 8. The second-order valence-corrected chi connectivity index (χ2v) is 6.90. The van der Waals surface area contributed by atoms with Gasteiger partial charge in [0, 0.05) is 23.9 Å². The van der Waals surface area contributed by atoms with Gasteiger partial charge >= 0.3 is 0 Å². The molecule has 4 rings (SSSR count). The Bertz CT molecular complexity index is 1100. The van der Waals surface area contributed by atoms with Crippen LogP contribution in [-0.4, -0.2) is 40.2 Å². The van der Waals surface area contributed by atoms with Gasteiger partial charge in [-0.25, -0.2) is 14.4 Å². The Labute approximate surface area is 183 Å². The molecule has 0 saturated carbocycles. The summed E-state index contributed by atoms with van der Waals surface area (Å²) in [7, 11) is 0. The van der Waals surface area contributed by atoms with E-state index >= 15 is 0 Å². The third-order valence-electron chi connectivity index (χ3n) is 4.49. The molecule has 10 heteroatoms. The van der Waals surface area contributed by atoms with Crippen LogP contribution in [0, 0.1) is 5.82 Å². The lowest BCUT2D eigenvalue weighted by molar-refractivity contribution is -0.111. The lowest BCUT2D eigenvalue weighted by Gasteiger charge is -2.12. The largest absolute Gasteiger partial charge is 0.472 e. The number of rotatable bonds is 8. The molecule has 1 fully saturated rings. The van der Waals surface area contributed by atoms with Gasteiger partial charge in [-0.3, -0.25) is 4.79 Å². The molecular formula is C22H21FN6O3. The van der Waals surface area contributed by atoms with Crippen LogP contribution in [0.3, 0.4) is 0 Å². The van der Waals surface area contributed by atoms with Crippen LogP contribution in [0.1, 0.15) is 6.42 Å². The number of aromatic nitrogens is 3. The molecular weight excluding hydrogens is 415 g/mol. The van der Waals surface area contributed by atoms with Crippen LogP contribution in [-0.2, 0) is 9.53 Å². The average molecular weight is 436 g/mol. The first-order chi connectivity index (χ1) is 15.6. The molecule has 2 aromatic heterocycles. The Morgan fingerprint density at radius 1 is 1.16 bits per heavy atom. The van der Waals surface area contributed by atoms with Crippen molar-refractivity contribution in [2.24, 2.45) is 0 Å². The van der Waals surface area contributed by atoms with Crippen molar-refractivity contribution < 1.29 is 18.7 Å². The zero-order valence-corrected chi connectivity index (χ0v) is 17.0. The standard InChI is InChI=1S/C22H21FN6O3/c1-2-19(30)26-14-4-3-5-15(10-14)27-21-18(23)12-25-22(29-21)28-16-6-7-20(24-11-16)32-17-8-9-31-13-17/h2-7,10-12,17H,1,8-9,13H2,(H,26,30)(H2,25,27,28,29). The molecule has 1 amide bonds. The van der Waals surface area contributed by atoms with Crippen LogP contribution >= 0.6 is 0 Å². The van der Waals surface area contributed by atoms with Crippen molar-refractivity contribution in [3.8, 4) is 5.88 Å². The van der Waals surface area contributed by atoms with Gasteiger partial charge in [0.2, 0.25) is 17.7 Å². The van der Waals surface area contributed by atoms with Gasteiger partial charge in [-0.2, -0.15) is 4.98 Å². The maximum Gasteiger partial charge on any atom is 0.247 e. The zero-order valence-electron chi connectivity index (χ0n) is 17.0. The number of carbonyl (C=O) groups excluding carboxylic acids is 1. The lowest BCUT2D eigenvalue weighted by Crippen LogP contribution is -2.16. The number of benzene rings is 1. The summed E-state index contributed by atoms with van der Waals surface area (Å²) in [4.78, 5) is 23.9. The summed E-state index contributed by atoms with van der Waals surface area (Å²) < 4.78 is 25.3. The second-order valence-electron chi connectivity index (χ2n) is 6.90. The predicted octanol–water partition coefficient (Wildman–Crippen LogP) is 3.79. The highest BCUT2D eigenvalue weighted by Crippen LogP contribution is 2.23. The van der Waals surface area contributed by atoms with Crippen LogP contribution < -0.4 is 20.7 Å². The van der Waals surface area contributed by atoms with Gasteiger partial charge in [-0.1, -0.05) is 12.6 Å². The minimum atomic E-state index is -0.628. The van der Waals surface area contributed by atoms with Crippen molar-refractivity contribution in [1.82, 2.24) is 15.0 Å². The molecule has 0 spiro atoms. The molecule has 32 heavy (non-hydrogen) atoms. The smallest absolute Gasteiger partial charge is 0.247 e. The first kappa shape index (κ1) is 21.2. The molecule has 1 atom stereocenters. The number of hydrogen-bond donors (Lipinski definition) is 3. The van der Waals surface area contributed by atoms with E-state index in [1.165, 1.54) is 6.08 Å². The zero-order chi connectivity index (χ0) is 22.3. The van der Waals surface area contributed by atoms with Gasteiger partial charge < -0.3 is 25.4 Å². The van der Waals surface area contributed by atoms with E-state index in [2.05, 4.69) is 37.5 Å². The molecule has 3 heterocycles. The topological polar surface area (TPSA) is 110 Å². The third-order valence-corrected chi connectivity index (χ3v) is 4.49. The van der Waals surface area contributed by atoms with E-state index in [1.54, 1.807) is 42.6 Å². The highest BCUT2D eigenvalue weighted by Gasteiger charge is 2.17. The maximum absolute atomic E-state index is 14.3. The van der Waals surface area contributed by atoms with E-state index in [-0.39, 0.29) is 23.8 Å². The van der Waals surface area contributed by atoms with Crippen LogP contribution in [0.15, 0.2) is 61.4 Å². The van der Waals surface area contributed by atoms with Crippen molar-refractivity contribution in [2.45, 2.75) is 12.5 Å². The van der Waals surface area contributed by atoms with Crippen LogP contribution in [0.25, 0.3) is 0 Å². The minimum absolute atomic E-state index is 0.0129. The number of nitrogens with zero attached hydrogens (tertiary/aromatic N) is 3. The predicted molar refractivity (Wildman–Crippen MR) is 118 cm³/mol. The highest BCUT2D eigenvalue weighted by atomic mass is 19.1. The summed E-state index contributed by atoms with van der Waals surface area (Å²) in [6.07, 6.45) is 4.66. The van der Waals surface area contributed by atoms with Gasteiger partial charge in [0.25, 0.3) is 0 Å². The number of amides is 1.